The number of ether oxygens (including phenoxy) is 1. The maximum Gasteiger partial charge on any atom is 0.119 e. The summed E-state index contributed by atoms with van der Waals surface area (Å²) in [5.74, 6) is 0.891. The standard InChI is InChI=1S/C18H17ClN2O/c1-22-11-6-7-16-14(10-11)12-8-9-20-17(18(12)21-16)13-4-2-3-5-15(13)19/h2-7,10,17,20-21H,8-9H2,1H3/t17-/m1/s1. The molecule has 22 heavy (non-hydrogen) atoms. The van der Waals surface area contributed by atoms with Crippen molar-refractivity contribution in [3.05, 3.63) is 64.3 Å². The molecule has 1 aliphatic heterocycles. The van der Waals surface area contributed by atoms with Gasteiger partial charge in [-0.05, 0) is 41.8 Å². The molecule has 1 aliphatic rings. The Hall–Kier alpha value is -1.97. The average molecular weight is 313 g/mol. The lowest BCUT2D eigenvalue weighted by atomic mass is 9.94. The lowest BCUT2D eigenvalue weighted by Gasteiger charge is -2.25. The molecule has 3 nitrogen and oxygen atoms in total. The van der Waals surface area contributed by atoms with Crippen LogP contribution in [0.3, 0.4) is 0 Å². The Morgan fingerprint density at radius 3 is 2.86 bits per heavy atom. The fraction of sp³-hybridized carbons (Fsp3) is 0.222. The molecule has 1 aromatic heterocycles. The van der Waals surface area contributed by atoms with E-state index in [2.05, 4.69) is 28.5 Å². The number of methoxy groups -OCH3 is 1. The molecule has 2 aromatic carbocycles. The summed E-state index contributed by atoms with van der Waals surface area (Å²) in [6.45, 7) is 0.938. The van der Waals surface area contributed by atoms with Crippen molar-refractivity contribution in [1.82, 2.24) is 10.3 Å². The summed E-state index contributed by atoms with van der Waals surface area (Å²) in [4.78, 5) is 3.57. The van der Waals surface area contributed by atoms with E-state index in [0.717, 1.165) is 34.8 Å². The van der Waals surface area contributed by atoms with Crippen molar-refractivity contribution in [3.8, 4) is 5.75 Å². The van der Waals surface area contributed by atoms with Gasteiger partial charge in [0.2, 0.25) is 0 Å². The first-order chi connectivity index (χ1) is 10.8. The fourth-order valence-electron chi connectivity index (χ4n) is 3.31. The van der Waals surface area contributed by atoms with Crippen LogP contribution in [0.25, 0.3) is 10.9 Å². The quantitative estimate of drug-likeness (QED) is 0.748. The molecule has 3 aromatic rings. The third kappa shape index (κ3) is 2.09. The van der Waals surface area contributed by atoms with Gasteiger partial charge in [-0.15, -0.1) is 0 Å². The van der Waals surface area contributed by atoms with Gasteiger partial charge in [-0.2, -0.15) is 0 Å². The topological polar surface area (TPSA) is 37.0 Å². The highest BCUT2D eigenvalue weighted by molar-refractivity contribution is 6.31. The van der Waals surface area contributed by atoms with Crippen molar-refractivity contribution in [1.29, 1.82) is 0 Å². The van der Waals surface area contributed by atoms with Crippen molar-refractivity contribution in [3.63, 3.8) is 0 Å². The van der Waals surface area contributed by atoms with Crippen molar-refractivity contribution in [2.24, 2.45) is 0 Å². The van der Waals surface area contributed by atoms with E-state index in [0.29, 0.717) is 0 Å². The maximum absolute atomic E-state index is 6.40. The van der Waals surface area contributed by atoms with Crippen molar-refractivity contribution in [2.75, 3.05) is 13.7 Å². The first-order valence-corrected chi connectivity index (χ1v) is 7.82. The zero-order valence-corrected chi connectivity index (χ0v) is 13.1. The summed E-state index contributed by atoms with van der Waals surface area (Å²) in [6.07, 6.45) is 1.00. The zero-order valence-electron chi connectivity index (χ0n) is 12.3. The summed E-state index contributed by atoms with van der Waals surface area (Å²) < 4.78 is 5.36. The number of rotatable bonds is 2. The van der Waals surface area contributed by atoms with Gasteiger partial charge < -0.3 is 15.0 Å². The van der Waals surface area contributed by atoms with Gasteiger partial charge in [0.1, 0.15) is 5.75 Å². The average Bonchev–Trinajstić information content (AvgIpc) is 2.93. The molecule has 0 aliphatic carbocycles. The number of hydrogen-bond donors (Lipinski definition) is 2. The monoisotopic (exact) mass is 312 g/mol. The molecule has 2 N–H and O–H groups in total. The van der Waals surface area contributed by atoms with E-state index in [1.54, 1.807) is 7.11 Å². The first-order valence-electron chi connectivity index (χ1n) is 7.44. The van der Waals surface area contributed by atoms with Gasteiger partial charge in [0.15, 0.2) is 0 Å². The lowest BCUT2D eigenvalue weighted by Crippen LogP contribution is -2.30. The smallest absolute Gasteiger partial charge is 0.119 e. The summed E-state index contributed by atoms with van der Waals surface area (Å²) >= 11 is 6.40. The number of halogens is 1. The molecule has 1 atom stereocenters. The molecular formula is C18H17ClN2O. The van der Waals surface area contributed by atoms with Gasteiger partial charge in [0.25, 0.3) is 0 Å². The third-order valence-electron chi connectivity index (χ3n) is 4.37. The minimum Gasteiger partial charge on any atom is -0.497 e. The van der Waals surface area contributed by atoms with E-state index >= 15 is 0 Å². The second-order valence-corrected chi connectivity index (χ2v) is 5.99. The highest BCUT2D eigenvalue weighted by atomic mass is 35.5. The Balaban J connectivity index is 1.90. The van der Waals surface area contributed by atoms with Crippen molar-refractivity contribution < 1.29 is 4.74 Å². The molecule has 4 rings (SSSR count). The molecule has 0 saturated heterocycles. The van der Waals surface area contributed by atoms with Crippen LogP contribution in [-0.2, 0) is 6.42 Å². The normalized spacial score (nSPS) is 17.5. The van der Waals surface area contributed by atoms with Crippen LogP contribution in [0.4, 0.5) is 0 Å². The number of aromatic nitrogens is 1. The van der Waals surface area contributed by atoms with Crippen molar-refractivity contribution in [2.45, 2.75) is 12.5 Å². The highest BCUT2D eigenvalue weighted by Crippen LogP contribution is 2.36. The Kier molecular flexibility index (Phi) is 3.32. The van der Waals surface area contributed by atoms with Gasteiger partial charge in [0.05, 0.1) is 13.2 Å². The van der Waals surface area contributed by atoms with E-state index in [1.807, 2.05) is 24.3 Å². The van der Waals surface area contributed by atoms with Crippen LogP contribution in [0.1, 0.15) is 22.9 Å². The number of nitrogens with one attached hydrogen (secondary N) is 2. The SMILES string of the molecule is COc1ccc2[nH]c3c(c2c1)CCN[C@@H]3c1ccccc1Cl. The maximum atomic E-state index is 6.40. The van der Waals surface area contributed by atoms with E-state index in [4.69, 9.17) is 16.3 Å². The molecular weight excluding hydrogens is 296 g/mol. The van der Waals surface area contributed by atoms with Crippen LogP contribution < -0.4 is 10.1 Å². The highest BCUT2D eigenvalue weighted by Gasteiger charge is 2.26. The molecule has 0 radical (unpaired) electrons. The van der Waals surface area contributed by atoms with Crippen LogP contribution >= 0.6 is 11.6 Å². The summed E-state index contributed by atoms with van der Waals surface area (Å²) in [7, 11) is 1.70. The minimum atomic E-state index is 0.107. The Morgan fingerprint density at radius 1 is 1.18 bits per heavy atom. The summed E-state index contributed by atoms with van der Waals surface area (Å²) in [5, 5.41) is 5.61. The molecule has 0 bridgehead atoms. The van der Waals surface area contributed by atoms with Crippen LogP contribution in [0.2, 0.25) is 5.02 Å². The Morgan fingerprint density at radius 2 is 2.05 bits per heavy atom. The van der Waals surface area contributed by atoms with E-state index in [1.165, 1.54) is 16.6 Å². The predicted molar refractivity (Wildman–Crippen MR) is 89.9 cm³/mol. The number of aromatic amines is 1. The summed E-state index contributed by atoms with van der Waals surface area (Å²) in [6, 6.07) is 14.3. The van der Waals surface area contributed by atoms with E-state index in [9.17, 15) is 0 Å². The summed E-state index contributed by atoms with van der Waals surface area (Å²) in [5.41, 5.74) is 4.83. The molecule has 2 heterocycles. The molecule has 4 heteroatoms. The predicted octanol–water partition coefficient (Wildman–Crippen LogP) is 4.07. The van der Waals surface area contributed by atoms with Crippen LogP contribution in [0.15, 0.2) is 42.5 Å². The number of benzene rings is 2. The van der Waals surface area contributed by atoms with Gasteiger partial charge >= 0.3 is 0 Å². The molecule has 0 unspecified atom stereocenters. The lowest BCUT2D eigenvalue weighted by molar-refractivity contribution is 0.415. The second kappa shape index (κ2) is 5.34. The van der Waals surface area contributed by atoms with Gasteiger partial charge in [0, 0.05) is 28.2 Å². The first kappa shape index (κ1) is 13.7. The molecule has 112 valence electrons. The van der Waals surface area contributed by atoms with Gasteiger partial charge in [-0.1, -0.05) is 29.8 Å². The van der Waals surface area contributed by atoms with Crippen molar-refractivity contribution >= 4 is 22.5 Å². The van der Waals surface area contributed by atoms with Crippen LogP contribution in [0, 0.1) is 0 Å². The zero-order chi connectivity index (χ0) is 15.1. The second-order valence-electron chi connectivity index (χ2n) is 5.59. The molecule has 0 fully saturated rings. The largest absolute Gasteiger partial charge is 0.497 e. The fourth-order valence-corrected chi connectivity index (χ4v) is 3.55. The number of fused-ring (bicyclic) bond motifs is 3. The van der Waals surface area contributed by atoms with Crippen LogP contribution in [0.5, 0.6) is 5.75 Å². The molecule has 0 saturated carbocycles. The van der Waals surface area contributed by atoms with E-state index < -0.39 is 0 Å². The Bertz CT molecular complexity index is 840. The minimum absolute atomic E-state index is 0.107. The van der Waals surface area contributed by atoms with Gasteiger partial charge in [-0.25, -0.2) is 0 Å². The van der Waals surface area contributed by atoms with Gasteiger partial charge in [-0.3, -0.25) is 0 Å². The third-order valence-corrected chi connectivity index (χ3v) is 4.72. The van der Waals surface area contributed by atoms with Crippen LogP contribution in [-0.4, -0.2) is 18.6 Å². The Labute approximate surface area is 134 Å². The molecule has 0 spiro atoms. The van der Waals surface area contributed by atoms with E-state index in [-0.39, 0.29) is 6.04 Å². The number of hydrogen-bond acceptors (Lipinski definition) is 2. The molecule has 0 amide bonds. The number of H-pyrrole nitrogens is 1.